The van der Waals surface area contributed by atoms with Crippen molar-refractivity contribution in [1.29, 1.82) is 0 Å². The molecule has 6 heteroatoms. The van der Waals surface area contributed by atoms with Crippen LogP contribution >= 0.6 is 0 Å². The summed E-state index contributed by atoms with van der Waals surface area (Å²) in [5, 5.41) is 20.1. The number of carbonyl (C=O) groups excluding carboxylic acids is 1. The Morgan fingerprint density at radius 3 is 2.83 bits per heavy atom. The fraction of sp³-hybridized carbons (Fsp3) is 0.444. The van der Waals surface area contributed by atoms with Crippen LogP contribution in [0.5, 0.6) is 0 Å². The second kappa shape index (κ2) is 7.49. The van der Waals surface area contributed by atoms with E-state index in [1.807, 2.05) is 43.5 Å². The minimum atomic E-state index is -0.448. The summed E-state index contributed by atoms with van der Waals surface area (Å²) in [7, 11) is 0. The first-order valence-electron chi connectivity index (χ1n) is 8.49. The van der Waals surface area contributed by atoms with Crippen LogP contribution in [0.1, 0.15) is 44.2 Å². The number of urea groups is 1. The molecule has 128 valence electrons. The lowest BCUT2D eigenvalue weighted by molar-refractivity contribution is 0.0941. The van der Waals surface area contributed by atoms with E-state index in [0.29, 0.717) is 0 Å². The SMILES string of the molecule is C[C@H](NC(=O)N[C@@H]1CCCC[C@H]1O)c1ccccc1-n1cccn1. The molecule has 1 aliphatic carbocycles. The molecule has 2 amide bonds. The van der Waals surface area contributed by atoms with E-state index in [0.717, 1.165) is 36.9 Å². The van der Waals surface area contributed by atoms with E-state index in [1.54, 1.807) is 10.9 Å². The number of rotatable bonds is 4. The zero-order chi connectivity index (χ0) is 16.9. The molecule has 1 heterocycles. The normalized spacial score (nSPS) is 21.9. The van der Waals surface area contributed by atoms with Crippen LogP contribution in [0, 0.1) is 0 Å². The zero-order valence-electron chi connectivity index (χ0n) is 13.9. The number of nitrogens with zero attached hydrogens (tertiary/aromatic N) is 2. The molecular weight excluding hydrogens is 304 g/mol. The third-order valence-corrected chi connectivity index (χ3v) is 4.55. The Kier molecular flexibility index (Phi) is 5.15. The predicted molar refractivity (Wildman–Crippen MR) is 91.9 cm³/mol. The Balaban J connectivity index is 1.67. The highest BCUT2D eigenvalue weighted by Gasteiger charge is 2.25. The summed E-state index contributed by atoms with van der Waals surface area (Å²) in [5.74, 6) is 0. The maximum atomic E-state index is 12.3. The van der Waals surface area contributed by atoms with Gasteiger partial charge in [0.15, 0.2) is 0 Å². The van der Waals surface area contributed by atoms with Crippen molar-refractivity contribution in [3.05, 3.63) is 48.3 Å². The van der Waals surface area contributed by atoms with Crippen molar-refractivity contribution in [3.8, 4) is 5.69 Å². The van der Waals surface area contributed by atoms with Gasteiger partial charge in [-0.1, -0.05) is 31.0 Å². The topological polar surface area (TPSA) is 79.2 Å². The number of hydrogen-bond donors (Lipinski definition) is 3. The Hall–Kier alpha value is -2.34. The number of aromatic nitrogens is 2. The van der Waals surface area contributed by atoms with Crippen LogP contribution in [0.4, 0.5) is 4.79 Å². The quantitative estimate of drug-likeness (QED) is 0.807. The summed E-state index contributed by atoms with van der Waals surface area (Å²) in [6.07, 6.45) is 6.80. The molecule has 24 heavy (non-hydrogen) atoms. The van der Waals surface area contributed by atoms with Gasteiger partial charge in [-0.2, -0.15) is 5.10 Å². The Labute approximate surface area is 141 Å². The molecule has 3 rings (SSSR count). The van der Waals surface area contributed by atoms with Crippen molar-refractivity contribution in [1.82, 2.24) is 20.4 Å². The predicted octanol–water partition coefficient (Wildman–Crippen LogP) is 2.54. The number of para-hydroxylation sites is 1. The number of benzene rings is 1. The van der Waals surface area contributed by atoms with Gasteiger partial charge in [0.05, 0.1) is 23.9 Å². The van der Waals surface area contributed by atoms with E-state index in [1.165, 1.54) is 0 Å². The van der Waals surface area contributed by atoms with Crippen molar-refractivity contribution < 1.29 is 9.90 Å². The van der Waals surface area contributed by atoms with Gasteiger partial charge in [-0.05, 0) is 37.5 Å². The van der Waals surface area contributed by atoms with E-state index >= 15 is 0 Å². The molecule has 1 fully saturated rings. The molecule has 0 aliphatic heterocycles. The monoisotopic (exact) mass is 328 g/mol. The summed E-state index contributed by atoms with van der Waals surface area (Å²) >= 11 is 0. The third-order valence-electron chi connectivity index (χ3n) is 4.55. The minimum absolute atomic E-state index is 0.160. The number of aliphatic hydroxyl groups is 1. The van der Waals surface area contributed by atoms with Crippen LogP contribution in [-0.2, 0) is 0 Å². The van der Waals surface area contributed by atoms with Crippen molar-refractivity contribution in [2.24, 2.45) is 0 Å². The first-order chi connectivity index (χ1) is 11.6. The van der Waals surface area contributed by atoms with E-state index in [2.05, 4.69) is 15.7 Å². The highest BCUT2D eigenvalue weighted by molar-refractivity contribution is 5.75. The van der Waals surface area contributed by atoms with Crippen LogP contribution < -0.4 is 10.6 Å². The van der Waals surface area contributed by atoms with Crippen LogP contribution in [-0.4, -0.2) is 33.1 Å². The van der Waals surface area contributed by atoms with Gasteiger partial charge in [-0.3, -0.25) is 0 Å². The molecule has 0 radical (unpaired) electrons. The Morgan fingerprint density at radius 1 is 1.29 bits per heavy atom. The fourth-order valence-electron chi connectivity index (χ4n) is 3.24. The molecule has 6 nitrogen and oxygen atoms in total. The summed E-state index contributed by atoms with van der Waals surface area (Å²) in [5.41, 5.74) is 1.92. The summed E-state index contributed by atoms with van der Waals surface area (Å²) < 4.78 is 1.79. The molecule has 3 N–H and O–H groups in total. The lowest BCUT2D eigenvalue weighted by Gasteiger charge is -2.29. The third kappa shape index (κ3) is 3.76. The molecule has 1 aromatic carbocycles. The maximum Gasteiger partial charge on any atom is 0.315 e. The number of hydrogen-bond acceptors (Lipinski definition) is 3. The largest absolute Gasteiger partial charge is 0.391 e. The number of nitrogens with one attached hydrogen (secondary N) is 2. The first kappa shape index (κ1) is 16.5. The molecule has 0 unspecified atom stereocenters. The maximum absolute atomic E-state index is 12.3. The van der Waals surface area contributed by atoms with Crippen molar-refractivity contribution in [3.63, 3.8) is 0 Å². The fourth-order valence-corrected chi connectivity index (χ4v) is 3.24. The summed E-state index contributed by atoms with van der Waals surface area (Å²) in [6.45, 7) is 1.94. The van der Waals surface area contributed by atoms with E-state index < -0.39 is 6.10 Å². The van der Waals surface area contributed by atoms with Gasteiger partial charge in [0, 0.05) is 12.4 Å². The standard InChI is InChI=1S/C18H24N4O2/c1-13(20-18(24)21-15-8-3-5-10-17(15)23)14-7-2-4-9-16(14)22-12-6-11-19-22/h2,4,6-7,9,11-13,15,17,23H,3,5,8,10H2,1H3,(H2,20,21,24)/t13-,15+,17+/m0/s1. The van der Waals surface area contributed by atoms with Gasteiger partial charge < -0.3 is 15.7 Å². The van der Waals surface area contributed by atoms with Gasteiger partial charge in [0.25, 0.3) is 0 Å². The highest BCUT2D eigenvalue weighted by atomic mass is 16.3. The molecule has 0 saturated heterocycles. The van der Waals surface area contributed by atoms with Gasteiger partial charge in [-0.25, -0.2) is 9.48 Å². The molecule has 0 spiro atoms. The summed E-state index contributed by atoms with van der Waals surface area (Å²) in [4.78, 5) is 12.3. The van der Waals surface area contributed by atoms with E-state index in [9.17, 15) is 9.90 Å². The molecule has 1 aliphatic rings. The molecular formula is C18H24N4O2. The van der Waals surface area contributed by atoms with Crippen molar-refractivity contribution >= 4 is 6.03 Å². The van der Waals surface area contributed by atoms with Gasteiger partial charge >= 0.3 is 6.03 Å². The van der Waals surface area contributed by atoms with Crippen LogP contribution in [0.25, 0.3) is 5.69 Å². The average molecular weight is 328 g/mol. The number of aliphatic hydroxyl groups excluding tert-OH is 1. The first-order valence-corrected chi connectivity index (χ1v) is 8.49. The Bertz CT molecular complexity index is 671. The Morgan fingerprint density at radius 2 is 2.08 bits per heavy atom. The molecule has 0 bridgehead atoms. The van der Waals surface area contributed by atoms with Crippen LogP contribution in [0.2, 0.25) is 0 Å². The van der Waals surface area contributed by atoms with E-state index in [4.69, 9.17) is 0 Å². The minimum Gasteiger partial charge on any atom is -0.391 e. The summed E-state index contributed by atoms with van der Waals surface area (Å²) in [6, 6.07) is 9.14. The lowest BCUT2D eigenvalue weighted by Crippen LogP contribution is -2.49. The second-order valence-corrected chi connectivity index (χ2v) is 6.31. The van der Waals surface area contributed by atoms with Crippen molar-refractivity contribution in [2.45, 2.75) is 50.8 Å². The van der Waals surface area contributed by atoms with E-state index in [-0.39, 0.29) is 18.1 Å². The highest BCUT2D eigenvalue weighted by Crippen LogP contribution is 2.21. The van der Waals surface area contributed by atoms with Crippen LogP contribution in [0.3, 0.4) is 0 Å². The molecule has 3 atom stereocenters. The van der Waals surface area contributed by atoms with Gasteiger partial charge in [-0.15, -0.1) is 0 Å². The molecule has 2 aromatic rings. The lowest BCUT2D eigenvalue weighted by atomic mass is 9.93. The van der Waals surface area contributed by atoms with Gasteiger partial charge in [0.2, 0.25) is 0 Å². The van der Waals surface area contributed by atoms with Crippen molar-refractivity contribution in [2.75, 3.05) is 0 Å². The second-order valence-electron chi connectivity index (χ2n) is 6.31. The smallest absolute Gasteiger partial charge is 0.315 e. The number of amides is 2. The number of carbonyl (C=O) groups is 1. The van der Waals surface area contributed by atoms with Crippen LogP contribution in [0.15, 0.2) is 42.7 Å². The zero-order valence-corrected chi connectivity index (χ0v) is 13.9. The average Bonchev–Trinajstić information content (AvgIpc) is 3.11. The van der Waals surface area contributed by atoms with Gasteiger partial charge in [0.1, 0.15) is 0 Å². The molecule has 1 aromatic heterocycles. The molecule has 1 saturated carbocycles.